The Morgan fingerprint density at radius 3 is 2.40 bits per heavy atom. The second kappa shape index (κ2) is 10.3. The lowest BCUT2D eigenvalue weighted by molar-refractivity contribution is -0.137. The smallest absolute Gasteiger partial charge is 0.367 e. The number of nitrogens with one attached hydrogen (secondary N) is 3. The minimum atomic E-state index is -4.56. The molecule has 3 N–H and O–H groups in total. The van der Waals surface area contributed by atoms with Crippen LogP contribution >= 0.6 is 23.2 Å². The molecule has 1 amide bonds. The molecule has 0 saturated carbocycles. The number of rotatable bonds is 9. The number of aromatic nitrogens is 1. The molecule has 8 nitrogen and oxygen atoms in total. The van der Waals surface area contributed by atoms with Gasteiger partial charge in [-0.2, -0.15) is 13.2 Å². The highest BCUT2D eigenvalue weighted by atomic mass is 35.5. The van der Waals surface area contributed by atoms with Gasteiger partial charge in [-0.1, -0.05) is 28.1 Å². The summed E-state index contributed by atoms with van der Waals surface area (Å²) in [5, 5.41) is 5.21. The van der Waals surface area contributed by atoms with Gasteiger partial charge in [0.25, 0.3) is 10.0 Å². The molecule has 0 fully saturated rings. The first-order valence-corrected chi connectivity index (χ1v) is 10.4. The van der Waals surface area contributed by atoms with Gasteiger partial charge in [0.05, 0.1) is 15.5 Å². The average molecular weight is 487 g/mol. The Morgan fingerprint density at radius 2 is 1.80 bits per heavy atom. The molecule has 0 radical (unpaired) electrons. The topological polar surface area (TPSA) is 109 Å². The Bertz CT molecular complexity index is 989. The number of benzene rings is 1. The Labute approximate surface area is 179 Å². The lowest BCUT2D eigenvalue weighted by atomic mass is 10.3. The van der Waals surface area contributed by atoms with Crippen LogP contribution in [0.4, 0.5) is 19.0 Å². The number of sulfonamides is 1. The molecule has 0 aliphatic rings. The number of carbonyl (C=O) groups is 1. The monoisotopic (exact) mass is 486 g/mol. The van der Waals surface area contributed by atoms with E-state index in [0.717, 1.165) is 6.07 Å². The van der Waals surface area contributed by atoms with Crippen LogP contribution in [0.25, 0.3) is 0 Å². The van der Waals surface area contributed by atoms with Crippen LogP contribution in [0.15, 0.2) is 41.4 Å². The van der Waals surface area contributed by atoms with Gasteiger partial charge < -0.3 is 10.6 Å². The largest absolute Gasteiger partial charge is 0.417 e. The third-order valence-electron chi connectivity index (χ3n) is 3.40. The SMILES string of the molecule is O=C(CONS(=O)(=O)c1ccc(Cl)cc1)NCCNc1ncc(C(F)(F)F)cc1Cl. The van der Waals surface area contributed by atoms with Gasteiger partial charge in [0.2, 0.25) is 5.91 Å². The fraction of sp³-hybridized carbons (Fsp3) is 0.250. The first kappa shape index (κ1) is 24.2. The van der Waals surface area contributed by atoms with Crippen LogP contribution in [0, 0.1) is 0 Å². The molecule has 30 heavy (non-hydrogen) atoms. The molecule has 0 unspecified atom stereocenters. The van der Waals surface area contributed by atoms with E-state index in [9.17, 15) is 26.4 Å². The summed E-state index contributed by atoms with van der Waals surface area (Å²) in [6.07, 6.45) is -3.92. The lowest BCUT2D eigenvalue weighted by Gasteiger charge is -2.11. The number of hydrogen-bond donors (Lipinski definition) is 3. The minimum absolute atomic E-state index is 0.0193. The zero-order valence-corrected chi connectivity index (χ0v) is 17.3. The number of nitrogens with zero attached hydrogens (tertiary/aromatic N) is 1. The molecule has 0 atom stereocenters. The Morgan fingerprint density at radius 1 is 1.13 bits per heavy atom. The number of hydrogen-bond acceptors (Lipinski definition) is 6. The van der Waals surface area contributed by atoms with Crippen molar-refractivity contribution in [1.82, 2.24) is 15.2 Å². The third kappa shape index (κ3) is 7.29. The van der Waals surface area contributed by atoms with Gasteiger partial charge in [0.15, 0.2) is 0 Å². The maximum Gasteiger partial charge on any atom is 0.417 e. The first-order chi connectivity index (χ1) is 14.0. The highest BCUT2D eigenvalue weighted by molar-refractivity contribution is 7.89. The molecule has 2 rings (SSSR count). The fourth-order valence-electron chi connectivity index (χ4n) is 1.99. The van der Waals surface area contributed by atoms with Crippen LogP contribution < -0.4 is 15.5 Å². The van der Waals surface area contributed by atoms with Crippen LogP contribution in [-0.4, -0.2) is 39.0 Å². The van der Waals surface area contributed by atoms with Crippen molar-refractivity contribution in [1.29, 1.82) is 0 Å². The van der Waals surface area contributed by atoms with E-state index in [0.29, 0.717) is 11.2 Å². The summed E-state index contributed by atoms with van der Waals surface area (Å²) in [6, 6.07) is 6.03. The van der Waals surface area contributed by atoms with Crippen LogP contribution in [-0.2, 0) is 25.8 Å². The molecule has 164 valence electrons. The summed E-state index contributed by atoms with van der Waals surface area (Å²) < 4.78 is 61.6. The van der Waals surface area contributed by atoms with E-state index in [1.807, 2.05) is 0 Å². The van der Waals surface area contributed by atoms with Gasteiger partial charge >= 0.3 is 6.18 Å². The number of carbonyl (C=O) groups excluding carboxylic acids is 1. The van der Waals surface area contributed by atoms with E-state index >= 15 is 0 Å². The van der Waals surface area contributed by atoms with Gasteiger partial charge in [-0.25, -0.2) is 13.4 Å². The van der Waals surface area contributed by atoms with Crippen molar-refractivity contribution in [3.8, 4) is 0 Å². The summed E-state index contributed by atoms with van der Waals surface area (Å²) in [4.78, 5) is 21.6. The van der Waals surface area contributed by atoms with Crippen molar-refractivity contribution in [3.05, 3.63) is 52.1 Å². The summed E-state index contributed by atoms with van der Waals surface area (Å²) in [5.41, 5.74) is -0.982. The zero-order chi connectivity index (χ0) is 22.4. The highest BCUT2D eigenvalue weighted by Crippen LogP contribution is 2.32. The van der Waals surface area contributed by atoms with Crippen LogP contribution in [0.3, 0.4) is 0 Å². The standard InChI is InChI=1S/C16H15Cl2F3N4O4S/c17-11-1-3-12(4-2-11)30(27,28)25-29-9-14(26)22-5-6-23-15-13(18)7-10(8-24-15)16(19,20)21/h1-4,7-8,25H,5-6,9H2,(H,22,26)(H,23,24). The number of anilines is 1. The number of pyridine rings is 1. The van der Waals surface area contributed by atoms with E-state index in [1.54, 1.807) is 4.89 Å². The van der Waals surface area contributed by atoms with Crippen molar-refractivity contribution < 1.29 is 31.2 Å². The van der Waals surface area contributed by atoms with Crippen LogP contribution in [0.2, 0.25) is 10.0 Å². The van der Waals surface area contributed by atoms with Crippen molar-refractivity contribution in [2.45, 2.75) is 11.1 Å². The van der Waals surface area contributed by atoms with E-state index in [1.165, 1.54) is 24.3 Å². The van der Waals surface area contributed by atoms with Crippen LogP contribution in [0.5, 0.6) is 0 Å². The molecular formula is C16H15Cl2F3N4O4S. The van der Waals surface area contributed by atoms with E-state index in [4.69, 9.17) is 23.2 Å². The third-order valence-corrected chi connectivity index (χ3v) is 5.17. The Hall–Kier alpha value is -2.12. The molecule has 1 aromatic carbocycles. The van der Waals surface area contributed by atoms with Gasteiger partial charge in [-0.3, -0.25) is 9.63 Å². The second-order valence-corrected chi connectivity index (χ2v) is 8.15. The summed E-state index contributed by atoms with van der Waals surface area (Å²) in [6.45, 7) is -0.461. The molecule has 14 heteroatoms. The van der Waals surface area contributed by atoms with Crippen molar-refractivity contribution in [2.75, 3.05) is 25.0 Å². The number of amides is 1. The fourth-order valence-corrected chi connectivity index (χ4v) is 3.16. The van der Waals surface area contributed by atoms with Gasteiger partial charge in [0, 0.05) is 24.3 Å². The van der Waals surface area contributed by atoms with E-state index in [2.05, 4.69) is 20.5 Å². The normalized spacial score (nSPS) is 11.9. The number of halogens is 5. The van der Waals surface area contributed by atoms with Gasteiger partial charge in [-0.15, -0.1) is 0 Å². The van der Waals surface area contributed by atoms with E-state index in [-0.39, 0.29) is 28.8 Å². The highest BCUT2D eigenvalue weighted by Gasteiger charge is 2.31. The minimum Gasteiger partial charge on any atom is -0.367 e. The molecular weight excluding hydrogens is 472 g/mol. The van der Waals surface area contributed by atoms with Gasteiger partial charge in [0.1, 0.15) is 12.4 Å². The van der Waals surface area contributed by atoms with Crippen LogP contribution in [0.1, 0.15) is 5.56 Å². The molecule has 1 heterocycles. The maximum atomic E-state index is 12.6. The molecule has 0 aliphatic heterocycles. The Kier molecular flexibility index (Phi) is 8.26. The predicted molar refractivity (Wildman–Crippen MR) is 103 cm³/mol. The molecule has 0 spiro atoms. The van der Waals surface area contributed by atoms with E-state index < -0.39 is 34.3 Å². The van der Waals surface area contributed by atoms with Crippen molar-refractivity contribution in [3.63, 3.8) is 0 Å². The summed E-state index contributed by atoms with van der Waals surface area (Å²) in [7, 11) is -3.98. The van der Waals surface area contributed by atoms with Crippen molar-refractivity contribution >= 4 is 45.0 Å². The molecule has 0 saturated heterocycles. The predicted octanol–water partition coefficient (Wildman–Crippen LogP) is 2.85. The molecule has 0 aliphatic carbocycles. The average Bonchev–Trinajstić information content (AvgIpc) is 2.65. The molecule has 0 bridgehead atoms. The van der Waals surface area contributed by atoms with Gasteiger partial charge in [-0.05, 0) is 30.3 Å². The maximum absolute atomic E-state index is 12.6. The quantitative estimate of drug-likeness (QED) is 0.371. The number of alkyl halides is 3. The second-order valence-electron chi connectivity index (χ2n) is 5.66. The van der Waals surface area contributed by atoms with Crippen molar-refractivity contribution in [2.24, 2.45) is 0 Å². The summed E-state index contributed by atoms with van der Waals surface area (Å²) in [5.74, 6) is -0.618. The molecule has 1 aromatic heterocycles. The first-order valence-electron chi connectivity index (χ1n) is 8.11. The zero-order valence-electron chi connectivity index (χ0n) is 15.0. The summed E-state index contributed by atoms with van der Waals surface area (Å²) >= 11 is 11.4. The Balaban J connectivity index is 1.71. The lowest BCUT2D eigenvalue weighted by Crippen LogP contribution is -2.35. The molecule has 2 aromatic rings.